The van der Waals surface area contributed by atoms with Crippen LogP contribution >= 0.6 is 0 Å². The van der Waals surface area contributed by atoms with Crippen molar-refractivity contribution in [3.05, 3.63) is 59.9 Å². The summed E-state index contributed by atoms with van der Waals surface area (Å²) in [6.07, 6.45) is 0.803. The number of carbonyl (C=O) groups is 1. The Morgan fingerprint density at radius 3 is 2.57 bits per heavy atom. The highest BCUT2D eigenvalue weighted by Gasteiger charge is 2.10. The lowest BCUT2D eigenvalue weighted by Crippen LogP contribution is -2.19. The monoisotopic (exact) mass is 287 g/mol. The molecule has 2 aromatic carbocycles. The molecule has 0 saturated heterocycles. The van der Waals surface area contributed by atoms with Gasteiger partial charge in [0.2, 0.25) is 0 Å². The lowest BCUT2D eigenvalue weighted by molar-refractivity contribution is 0.259. The molecule has 0 bridgehead atoms. The zero-order chi connectivity index (χ0) is 15.2. The first-order chi connectivity index (χ1) is 10.1. The van der Waals surface area contributed by atoms with Crippen molar-refractivity contribution in [3.8, 4) is 0 Å². The fourth-order valence-corrected chi connectivity index (χ4v) is 2.17. The molecule has 0 aliphatic carbocycles. The van der Waals surface area contributed by atoms with Crippen LogP contribution in [0, 0.1) is 5.82 Å². The van der Waals surface area contributed by atoms with E-state index in [9.17, 15) is 9.18 Å². The molecule has 2 aromatic rings. The van der Waals surface area contributed by atoms with E-state index < -0.39 is 6.03 Å². The lowest BCUT2D eigenvalue weighted by atomic mass is 10.0. The van der Waals surface area contributed by atoms with Crippen LogP contribution < -0.4 is 16.4 Å². The highest BCUT2D eigenvalue weighted by Crippen LogP contribution is 2.24. The zero-order valence-corrected chi connectivity index (χ0v) is 11.8. The fourth-order valence-electron chi connectivity index (χ4n) is 2.17. The molecule has 1 atom stereocenters. The standard InChI is InChI=1S/C16H18FN3O/c1-2-15(11-5-3-6-12(17)9-11)19-13-7-4-8-14(10-13)20-16(18)21/h3-10,15,19H,2H2,1H3,(H3,18,20,21). The summed E-state index contributed by atoms with van der Waals surface area (Å²) in [5.74, 6) is -0.253. The van der Waals surface area contributed by atoms with Crippen LogP contribution in [0.25, 0.3) is 0 Å². The van der Waals surface area contributed by atoms with Gasteiger partial charge in [-0.05, 0) is 42.3 Å². The van der Waals surface area contributed by atoms with E-state index >= 15 is 0 Å². The predicted octanol–water partition coefficient (Wildman–Crippen LogP) is 3.88. The van der Waals surface area contributed by atoms with Crippen molar-refractivity contribution >= 4 is 17.4 Å². The maximum Gasteiger partial charge on any atom is 0.316 e. The van der Waals surface area contributed by atoms with Gasteiger partial charge in [0.1, 0.15) is 5.82 Å². The number of hydrogen-bond donors (Lipinski definition) is 3. The Labute approximate surface area is 123 Å². The van der Waals surface area contributed by atoms with Gasteiger partial charge in [-0.1, -0.05) is 25.1 Å². The predicted molar refractivity (Wildman–Crippen MR) is 82.7 cm³/mol. The number of anilines is 2. The van der Waals surface area contributed by atoms with Gasteiger partial charge in [-0.2, -0.15) is 0 Å². The molecule has 0 heterocycles. The van der Waals surface area contributed by atoms with Crippen LogP contribution in [0.2, 0.25) is 0 Å². The molecule has 21 heavy (non-hydrogen) atoms. The third-order valence-electron chi connectivity index (χ3n) is 3.13. The second kappa shape index (κ2) is 6.74. The minimum Gasteiger partial charge on any atom is -0.378 e. The number of primary amides is 1. The van der Waals surface area contributed by atoms with E-state index in [1.165, 1.54) is 12.1 Å². The number of benzene rings is 2. The Balaban J connectivity index is 2.17. The van der Waals surface area contributed by atoms with Gasteiger partial charge >= 0.3 is 6.03 Å². The third kappa shape index (κ3) is 4.21. The van der Waals surface area contributed by atoms with Crippen molar-refractivity contribution in [3.63, 3.8) is 0 Å². The minimum absolute atomic E-state index is 0.00970. The smallest absolute Gasteiger partial charge is 0.316 e. The number of halogens is 1. The molecule has 5 heteroatoms. The normalized spacial score (nSPS) is 11.7. The first kappa shape index (κ1) is 14.8. The second-order valence-electron chi connectivity index (χ2n) is 4.73. The maximum atomic E-state index is 13.3. The Bertz CT molecular complexity index is 630. The van der Waals surface area contributed by atoms with Crippen LogP contribution in [0.1, 0.15) is 24.9 Å². The largest absolute Gasteiger partial charge is 0.378 e. The van der Waals surface area contributed by atoms with Gasteiger partial charge in [0.05, 0.1) is 6.04 Å². The Hall–Kier alpha value is -2.56. The van der Waals surface area contributed by atoms with Gasteiger partial charge in [0.15, 0.2) is 0 Å². The molecule has 0 radical (unpaired) electrons. The van der Waals surface area contributed by atoms with Crippen molar-refractivity contribution in [1.82, 2.24) is 0 Å². The Morgan fingerprint density at radius 2 is 1.90 bits per heavy atom. The molecule has 0 aliphatic rings. The fraction of sp³-hybridized carbons (Fsp3) is 0.188. The van der Waals surface area contributed by atoms with Gasteiger partial charge < -0.3 is 16.4 Å². The topological polar surface area (TPSA) is 67.2 Å². The highest BCUT2D eigenvalue weighted by molar-refractivity contribution is 5.88. The van der Waals surface area contributed by atoms with Crippen LogP contribution in [0.5, 0.6) is 0 Å². The van der Waals surface area contributed by atoms with E-state index in [1.807, 2.05) is 25.1 Å². The zero-order valence-electron chi connectivity index (χ0n) is 11.8. The summed E-state index contributed by atoms with van der Waals surface area (Å²) in [6, 6.07) is 13.1. The average Bonchev–Trinajstić information content (AvgIpc) is 2.44. The van der Waals surface area contributed by atoms with Gasteiger partial charge in [0, 0.05) is 11.4 Å². The summed E-state index contributed by atoms with van der Waals surface area (Å²) in [6.45, 7) is 2.02. The van der Waals surface area contributed by atoms with Crippen molar-refractivity contribution in [1.29, 1.82) is 0 Å². The molecule has 110 valence electrons. The molecular formula is C16H18FN3O. The first-order valence-electron chi connectivity index (χ1n) is 6.77. The lowest BCUT2D eigenvalue weighted by Gasteiger charge is -2.19. The van der Waals surface area contributed by atoms with Gasteiger partial charge in [-0.25, -0.2) is 9.18 Å². The summed E-state index contributed by atoms with van der Waals surface area (Å²) in [5, 5.41) is 5.85. The molecule has 0 spiro atoms. The van der Waals surface area contributed by atoms with E-state index in [2.05, 4.69) is 10.6 Å². The van der Waals surface area contributed by atoms with Crippen LogP contribution in [0.4, 0.5) is 20.6 Å². The summed E-state index contributed by atoms with van der Waals surface area (Å²) >= 11 is 0. The first-order valence-corrected chi connectivity index (χ1v) is 6.77. The second-order valence-corrected chi connectivity index (χ2v) is 4.73. The molecule has 1 unspecified atom stereocenters. The Kier molecular flexibility index (Phi) is 4.77. The average molecular weight is 287 g/mol. The summed E-state index contributed by atoms with van der Waals surface area (Å²) in [4.78, 5) is 10.9. The molecule has 2 rings (SSSR count). The summed E-state index contributed by atoms with van der Waals surface area (Å²) in [7, 11) is 0. The number of nitrogens with one attached hydrogen (secondary N) is 2. The number of amides is 2. The number of nitrogens with two attached hydrogens (primary N) is 1. The number of hydrogen-bond acceptors (Lipinski definition) is 2. The van der Waals surface area contributed by atoms with E-state index in [-0.39, 0.29) is 11.9 Å². The summed E-state index contributed by atoms with van der Waals surface area (Å²) < 4.78 is 13.3. The molecule has 4 nitrogen and oxygen atoms in total. The Morgan fingerprint density at radius 1 is 1.19 bits per heavy atom. The number of urea groups is 1. The van der Waals surface area contributed by atoms with Crippen LogP contribution in [-0.2, 0) is 0 Å². The number of carbonyl (C=O) groups excluding carboxylic acids is 1. The SMILES string of the molecule is CCC(Nc1cccc(NC(N)=O)c1)c1cccc(F)c1. The molecule has 0 fully saturated rings. The molecular weight excluding hydrogens is 269 g/mol. The van der Waals surface area contributed by atoms with E-state index in [0.717, 1.165) is 17.7 Å². The quantitative estimate of drug-likeness (QED) is 0.781. The van der Waals surface area contributed by atoms with Crippen LogP contribution in [-0.4, -0.2) is 6.03 Å². The molecule has 0 aromatic heterocycles. The summed E-state index contributed by atoms with van der Waals surface area (Å²) in [5.41, 5.74) is 7.42. The number of rotatable bonds is 5. The van der Waals surface area contributed by atoms with E-state index in [1.54, 1.807) is 18.2 Å². The molecule has 0 saturated carbocycles. The van der Waals surface area contributed by atoms with Crippen molar-refractivity contribution in [2.75, 3.05) is 10.6 Å². The molecule has 4 N–H and O–H groups in total. The third-order valence-corrected chi connectivity index (χ3v) is 3.13. The molecule has 0 aliphatic heterocycles. The van der Waals surface area contributed by atoms with Gasteiger partial charge in [-0.3, -0.25) is 0 Å². The highest BCUT2D eigenvalue weighted by atomic mass is 19.1. The van der Waals surface area contributed by atoms with Crippen molar-refractivity contribution in [2.24, 2.45) is 5.73 Å². The van der Waals surface area contributed by atoms with E-state index in [4.69, 9.17) is 5.73 Å². The van der Waals surface area contributed by atoms with Crippen molar-refractivity contribution in [2.45, 2.75) is 19.4 Å². The van der Waals surface area contributed by atoms with Gasteiger partial charge in [0.25, 0.3) is 0 Å². The van der Waals surface area contributed by atoms with Crippen LogP contribution in [0.3, 0.4) is 0 Å². The van der Waals surface area contributed by atoms with Gasteiger partial charge in [-0.15, -0.1) is 0 Å². The molecule has 2 amide bonds. The van der Waals surface area contributed by atoms with E-state index in [0.29, 0.717) is 5.69 Å². The minimum atomic E-state index is -0.607. The van der Waals surface area contributed by atoms with Crippen LogP contribution in [0.15, 0.2) is 48.5 Å². The maximum absolute atomic E-state index is 13.3. The van der Waals surface area contributed by atoms with Crippen molar-refractivity contribution < 1.29 is 9.18 Å².